The van der Waals surface area contributed by atoms with Crippen LogP contribution < -0.4 is 11.1 Å². The summed E-state index contributed by atoms with van der Waals surface area (Å²) >= 11 is 11.5. The van der Waals surface area contributed by atoms with Crippen molar-refractivity contribution in [1.29, 1.82) is 0 Å². The van der Waals surface area contributed by atoms with Gasteiger partial charge in [0.25, 0.3) is 5.91 Å². The lowest BCUT2D eigenvalue weighted by Crippen LogP contribution is -2.13. The van der Waals surface area contributed by atoms with E-state index in [1.54, 1.807) is 18.2 Å². The zero-order valence-corrected chi connectivity index (χ0v) is 11.7. The van der Waals surface area contributed by atoms with Gasteiger partial charge in [-0.2, -0.15) is 0 Å². The molecular formula is C12H6Cl2N4O3. The number of amides is 1. The van der Waals surface area contributed by atoms with Gasteiger partial charge in [-0.3, -0.25) is 9.78 Å². The molecule has 0 saturated heterocycles. The highest BCUT2D eigenvalue weighted by Crippen LogP contribution is 2.20. The summed E-state index contributed by atoms with van der Waals surface area (Å²) in [5.74, 6) is -1.07. The molecule has 0 aliphatic carbocycles. The highest BCUT2D eigenvalue weighted by molar-refractivity contribution is 6.34. The molecule has 2 N–H and O–H groups in total. The van der Waals surface area contributed by atoms with Crippen LogP contribution in [0.25, 0.3) is 11.1 Å². The monoisotopic (exact) mass is 324 g/mol. The van der Waals surface area contributed by atoms with Gasteiger partial charge in [-0.1, -0.05) is 23.2 Å². The van der Waals surface area contributed by atoms with Crippen molar-refractivity contribution in [2.24, 2.45) is 0 Å². The molecule has 3 rings (SSSR count). The minimum absolute atomic E-state index is 0.0548. The number of aromatic amines is 1. The first-order valence-electron chi connectivity index (χ1n) is 5.66. The van der Waals surface area contributed by atoms with E-state index >= 15 is 0 Å². The minimum Gasteiger partial charge on any atom is -0.408 e. The van der Waals surface area contributed by atoms with E-state index in [1.165, 1.54) is 6.07 Å². The second-order valence-electron chi connectivity index (χ2n) is 4.05. The molecule has 0 fully saturated rings. The van der Waals surface area contributed by atoms with Crippen LogP contribution in [0.4, 0.5) is 5.69 Å². The molecule has 1 amide bonds. The quantitative estimate of drug-likeness (QED) is 0.754. The van der Waals surface area contributed by atoms with Crippen LogP contribution in [-0.4, -0.2) is 21.1 Å². The average molecular weight is 325 g/mol. The van der Waals surface area contributed by atoms with Crippen LogP contribution in [0, 0.1) is 0 Å². The van der Waals surface area contributed by atoms with E-state index in [1.807, 2.05) is 0 Å². The molecule has 0 bridgehead atoms. The second kappa shape index (κ2) is 5.19. The van der Waals surface area contributed by atoms with Crippen molar-refractivity contribution < 1.29 is 9.21 Å². The Bertz CT molecular complexity index is 903. The van der Waals surface area contributed by atoms with Gasteiger partial charge in [0.15, 0.2) is 15.9 Å². The fraction of sp³-hybridized carbons (Fsp3) is 0. The number of hydrogen-bond donors (Lipinski definition) is 2. The van der Waals surface area contributed by atoms with Gasteiger partial charge in [-0.15, -0.1) is 10.2 Å². The van der Waals surface area contributed by atoms with Crippen molar-refractivity contribution in [3.63, 3.8) is 0 Å². The second-order valence-corrected chi connectivity index (χ2v) is 4.80. The van der Waals surface area contributed by atoms with Crippen LogP contribution in [0.5, 0.6) is 0 Å². The number of hydrogen-bond acceptors (Lipinski definition) is 5. The molecule has 2 heterocycles. The third-order valence-corrected chi connectivity index (χ3v) is 3.10. The van der Waals surface area contributed by atoms with Crippen LogP contribution in [0.2, 0.25) is 10.3 Å². The molecule has 1 aromatic carbocycles. The summed E-state index contributed by atoms with van der Waals surface area (Å²) in [6.07, 6.45) is 0. The van der Waals surface area contributed by atoms with Gasteiger partial charge in [0.05, 0.1) is 11.1 Å². The standard InChI is InChI=1S/C12H6Cl2N4O3/c13-9-4-6(10(14)18-17-9)11(19)15-5-1-2-8-7(3-5)16-12(20)21-8/h1-4H,(H,15,19)(H,16,20). The summed E-state index contributed by atoms with van der Waals surface area (Å²) < 4.78 is 4.87. The third kappa shape index (κ3) is 2.74. The van der Waals surface area contributed by atoms with Gasteiger partial charge < -0.3 is 9.73 Å². The number of benzene rings is 1. The number of anilines is 1. The fourth-order valence-corrected chi connectivity index (χ4v) is 2.07. The lowest BCUT2D eigenvalue weighted by atomic mass is 10.2. The van der Waals surface area contributed by atoms with Crippen molar-refractivity contribution in [3.8, 4) is 0 Å². The molecule has 7 nitrogen and oxygen atoms in total. The van der Waals surface area contributed by atoms with Crippen LogP contribution in [0.15, 0.2) is 33.5 Å². The maximum Gasteiger partial charge on any atom is 0.417 e. The van der Waals surface area contributed by atoms with Crippen molar-refractivity contribution in [1.82, 2.24) is 15.2 Å². The van der Waals surface area contributed by atoms with Crippen LogP contribution >= 0.6 is 23.2 Å². The summed E-state index contributed by atoms with van der Waals surface area (Å²) in [6.45, 7) is 0. The molecule has 106 valence electrons. The molecule has 0 radical (unpaired) electrons. The van der Waals surface area contributed by atoms with Gasteiger partial charge in [-0.05, 0) is 24.3 Å². The van der Waals surface area contributed by atoms with Crippen molar-refractivity contribution in [3.05, 3.63) is 50.7 Å². The Morgan fingerprint density at radius 1 is 1.24 bits per heavy atom. The predicted molar refractivity (Wildman–Crippen MR) is 76.8 cm³/mol. The van der Waals surface area contributed by atoms with E-state index in [9.17, 15) is 9.59 Å². The lowest BCUT2D eigenvalue weighted by Gasteiger charge is -2.06. The van der Waals surface area contributed by atoms with E-state index in [0.29, 0.717) is 16.8 Å². The van der Waals surface area contributed by atoms with Gasteiger partial charge in [0.1, 0.15) is 0 Å². The number of nitrogens with one attached hydrogen (secondary N) is 2. The van der Waals surface area contributed by atoms with E-state index in [0.717, 1.165) is 0 Å². The highest BCUT2D eigenvalue weighted by Gasteiger charge is 2.14. The molecule has 0 atom stereocenters. The fourth-order valence-electron chi connectivity index (χ4n) is 1.74. The molecule has 0 saturated carbocycles. The van der Waals surface area contributed by atoms with E-state index in [-0.39, 0.29) is 15.9 Å². The Morgan fingerprint density at radius 3 is 2.86 bits per heavy atom. The van der Waals surface area contributed by atoms with Gasteiger partial charge in [-0.25, -0.2) is 4.79 Å². The largest absolute Gasteiger partial charge is 0.417 e. The molecule has 2 aromatic heterocycles. The first-order valence-corrected chi connectivity index (χ1v) is 6.41. The van der Waals surface area contributed by atoms with Crippen molar-refractivity contribution in [2.75, 3.05) is 5.32 Å². The smallest absolute Gasteiger partial charge is 0.408 e. The van der Waals surface area contributed by atoms with Gasteiger partial charge in [0.2, 0.25) is 0 Å². The normalized spacial score (nSPS) is 10.8. The summed E-state index contributed by atoms with van der Waals surface area (Å²) in [7, 11) is 0. The molecule has 9 heteroatoms. The van der Waals surface area contributed by atoms with Crippen LogP contribution in [0.3, 0.4) is 0 Å². The Kier molecular flexibility index (Phi) is 3.36. The van der Waals surface area contributed by atoms with Crippen LogP contribution in [-0.2, 0) is 0 Å². The van der Waals surface area contributed by atoms with E-state index in [4.69, 9.17) is 27.6 Å². The number of H-pyrrole nitrogens is 1. The number of carbonyl (C=O) groups excluding carboxylic acids is 1. The number of oxazole rings is 1. The van der Waals surface area contributed by atoms with E-state index in [2.05, 4.69) is 20.5 Å². The maximum absolute atomic E-state index is 12.1. The molecule has 0 aliphatic heterocycles. The molecule has 0 spiro atoms. The zero-order valence-electron chi connectivity index (χ0n) is 10.2. The molecule has 0 unspecified atom stereocenters. The van der Waals surface area contributed by atoms with Gasteiger partial charge in [0, 0.05) is 5.69 Å². The van der Waals surface area contributed by atoms with Gasteiger partial charge >= 0.3 is 5.76 Å². The summed E-state index contributed by atoms with van der Waals surface area (Å²) in [5, 5.41) is 9.69. The Labute approximate surface area is 126 Å². The average Bonchev–Trinajstić information content (AvgIpc) is 2.80. The minimum atomic E-state index is -0.568. The van der Waals surface area contributed by atoms with Crippen molar-refractivity contribution >= 4 is 45.9 Å². The first kappa shape index (κ1) is 13.6. The molecule has 0 aliphatic rings. The lowest BCUT2D eigenvalue weighted by molar-refractivity contribution is 0.102. The Morgan fingerprint density at radius 2 is 2.05 bits per heavy atom. The summed E-state index contributed by atoms with van der Waals surface area (Å²) in [5.41, 5.74) is 1.41. The number of halogens is 2. The topological polar surface area (TPSA) is 101 Å². The SMILES string of the molecule is O=C(Nc1ccc2oc(=O)[nH]c2c1)c1cc(Cl)nnc1Cl. The Hall–Kier alpha value is -2.38. The first-order chi connectivity index (χ1) is 10.0. The molecule has 3 aromatic rings. The number of nitrogens with zero attached hydrogens (tertiary/aromatic N) is 2. The predicted octanol–water partition coefficient (Wildman–Crippen LogP) is 2.47. The maximum atomic E-state index is 12.1. The molecule has 21 heavy (non-hydrogen) atoms. The summed E-state index contributed by atoms with van der Waals surface area (Å²) in [6, 6.07) is 6.01. The highest BCUT2D eigenvalue weighted by atomic mass is 35.5. The number of fused-ring (bicyclic) bond motifs is 1. The third-order valence-electron chi connectivity index (χ3n) is 2.64. The number of aromatic nitrogens is 3. The Balaban J connectivity index is 1.92. The molecular weight excluding hydrogens is 319 g/mol. The summed E-state index contributed by atoms with van der Waals surface area (Å²) in [4.78, 5) is 25.7. The number of carbonyl (C=O) groups is 1. The zero-order chi connectivity index (χ0) is 15.0. The van der Waals surface area contributed by atoms with Crippen LogP contribution in [0.1, 0.15) is 10.4 Å². The number of rotatable bonds is 2. The van der Waals surface area contributed by atoms with E-state index < -0.39 is 11.7 Å². The van der Waals surface area contributed by atoms with Crippen molar-refractivity contribution in [2.45, 2.75) is 0 Å².